The molecule has 1 aliphatic heterocycles. The Morgan fingerprint density at radius 2 is 0.780 bits per heavy atom. The van der Waals surface area contributed by atoms with Crippen LogP contribution in [0, 0.1) is 0 Å². The standard InChI is InChI=1S/C56H40N2Si/c1-59(2)52-30-14-13-25-44(52)45-32-31-42(35-53(45)59)54-46-26-9-11-28-48(46)55(49-29-12-10-27-47(49)54)51-36-50(41-23-15-21-39(33-41)37-17-5-3-6-18-37)57-56(58-51)43-24-16-22-40(34-43)38-19-7-4-8-20-38/h3-36H,1-2H3. The first-order valence-electron chi connectivity index (χ1n) is 20.4. The van der Waals surface area contributed by atoms with Crippen LogP contribution < -0.4 is 10.4 Å². The first-order valence-corrected chi connectivity index (χ1v) is 23.4. The zero-order chi connectivity index (χ0) is 39.5. The highest BCUT2D eigenvalue weighted by molar-refractivity contribution is 7.03. The van der Waals surface area contributed by atoms with Gasteiger partial charge in [-0.3, -0.25) is 0 Å². The van der Waals surface area contributed by atoms with E-state index in [0.29, 0.717) is 5.82 Å². The van der Waals surface area contributed by atoms with Gasteiger partial charge in [-0.1, -0.05) is 201 Å². The lowest BCUT2D eigenvalue weighted by molar-refractivity contribution is 1.19. The molecule has 0 spiro atoms. The Morgan fingerprint density at radius 1 is 0.305 bits per heavy atom. The third kappa shape index (κ3) is 5.93. The van der Waals surface area contributed by atoms with E-state index in [1.165, 1.54) is 59.7 Å². The molecule has 10 aromatic rings. The molecule has 0 radical (unpaired) electrons. The molecule has 0 N–H and O–H groups in total. The summed E-state index contributed by atoms with van der Waals surface area (Å²) in [6.07, 6.45) is 0. The van der Waals surface area contributed by atoms with E-state index in [4.69, 9.17) is 9.97 Å². The Morgan fingerprint density at radius 3 is 1.42 bits per heavy atom. The maximum absolute atomic E-state index is 5.50. The normalized spacial score (nSPS) is 12.7. The predicted octanol–water partition coefficient (Wildman–Crippen LogP) is 13.6. The summed E-state index contributed by atoms with van der Waals surface area (Å²) in [6, 6.07) is 74.7. The molecule has 0 bridgehead atoms. The van der Waals surface area contributed by atoms with Gasteiger partial charge in [-0.2, -0.15) is 0 Å². The maximum atomic E-state index is 5.50. The topological polar surface area (TPSA) is 25.8 Å². The third-order valence-electron chi connectivity index (χ3n) is 12.3. The van der Waals surface area contributed by atoms with Crippen molar-refractivity contribution in [2.24, 2.45) is 0 Å². The van der Waals surface area contributed by atoms with Crippen LogP contribution >= 0.6 is 0 Å². The van der Waals surface area contributed by atoms with E-state index in [2.05, 4.69) is 219 Å². The summed E-state index contributed by atoms with van der Waals surface area (Å²) in [7, 11) is -1.89. The molecule has 3 heteroatoms. The molecule has 2 heterocycles. The highest BCUT2D eigenvalue weighted by Gasteiger charge is 2.37. The SMILES string of the molecule is C[Si]1(C)c2ccccc2-c2ccc(-c3c4ccccc4c(-c4cc(-c5cccc(-c6ccccc6)c5)nc(-c5cccc(-c6ccccc6)c5)n4)c4ccccc34)cc21. The second-order valence-corrected chi connectivity index (χ2v) is 20.5. The quantitative estimate of drug-likeness (QED) is 0.124. The Kier molecular flexibility index (Phi) is 8.31. The molecule has 278 valence electrons. The van der Waals surface area contributed by atoms with E-state index in [-0.39, 0.29) is 0 Å². The van der Waals surface area contributed by atoms with Gasteiger partial charge in [0.2, 0.25) is 0 Å². The summed E-state index contributed by atoms with van der Waals surface area (Å²) >= 11 is 0. The molecule has 0 saturated carbocycles. The summed E-state index contributed by atoms with van der Waals surface area (Å²) in [5.74, 6) is 0.697. The van der Waals surface area contributed by atoms with Crippen molar-refractivity contribution in [2.45, 2.75) is 13.1 Å². The fourth-order valence-electron chi connectivity index (χ4n) is 9.38. The van der Waals surface area contributed by atoms with Crippen LogP contribution in [0.25, 0.3) is 100.0 Å². The van der Waals surface area contributed by atoms with Crippen LogP contribution in [0.1, 0.15) is 0 Å². The largest absolute Gasteiger partial charge is 0.228 e. The van der Waals surface area contributed by atoms with Crippen molar-refractivity contribution in [3.63, 3.8) is 0 Å². The molecule has 0 fully saturated rings. The van der Waals surface area contributed by atoms with Crippen LogP contribution in [-0.2, 0) is 0 Å². The van der Waals surface area contributed by atoms with Gasteiger partial charge in [-0.25, -0.2) is 9.97 Å². The zero-order valence-electron chi connectivity index (χ0n) is 33.0. The van der Waals surface area contributed by atoms with Gasteiger partial charge in [0, 0.05) is 16.7 Å². The van der Waals surface area contributed by atoms with E-state index < -0.39 is 8.07 Å². The minimum absolute atomic E-state index is 0.697. The van der Waals surface area contributed by atoms with E-state index in [0.717, 1.165) is 44.8 Å². The predicted molar refractivity (Wildman–Crippen MR) is 252 cm³/mol. The second-order valence-electron chi connectivity index (χ2n) is 16.1. The van der Waals surface area contributed by atoms with E-state index in [9.17, 15) is 0 Å². The van der Waals surface area contributed by atoms with Crippen molar-refractivity contribution in [3.05, 3.63) is 206 Å². The van der Waals surface area contributed by atoms with Gasteiger partial charge in [0.05, 0.1) is 11.4 Å². The first-order chi connectivity index (χ1) is 29.0. The van der Waals surface area contributed by atoms with Crippen molar-refractivity contribution in [3.8, 4) is 78.4 Å². The summed E-state index contributed by atoms with van der Waals surface area (Å²) < 4.78 is 0. The minimum Gasteiger partial charge on any atom is -0.228 e. The second kappa shape index (κ2) is 14.0. The first kappa shape index (κ1) is 35.0. The van der Waals surface area contributed by atoms with Gasteiger partial charge in [-0.15, -0.1) is 0 Å². The summed E-state index contributed by atoms with van der Waals surface area (Å²) in [5.41, 5.74) is 14.9. The number of aromatic nitrogens is 2. The molecule has 59 heavy (non-hydrogen) atoms. The third-order valence-corrected chi connectivity index (χ3v) is 15.8. The van der Waals surface area contributed by atoms with Gasteiger partial charge in [0.15, 0.2) is 5.82 Å². The minimum atomic E-state index is -1.89. The fraction of sp³-hybridized carbons (Fsp3) is 0.0357. The zero-order valence-corrected chi connectivity index (χ0v) is 34.0. The van der Waals surface area contributed by atoms with Crippen LogP contribution in [0.15, 0.2) is 206 Å². The van der Waals surface area contributed by atoms with Crippen molar-refractivity contribution in [2.75, 3.05) is 0 Å². The molecular formula is C56H40N2Si. The molecule has 2 nitrogen and oxygen atoms in total. The van der Waals surface area contributed by atoms with Gasteiger partial charge in [-0.05, 0) is 94.6 Å². The number of hydrogen-bond donors (Lipinski definition) is 0. The molecule has 9 aromatic carbocycles. The number of nitrogens with zero attached hydrogens (tertiary/aromatic N) is 2. The van der Waals surface area contributed by atoms with E-state index in [1.54, 1.807) is 0 Å². The number of hydrogen-bond acceptors (Lipinski definition) is 2. The molecule has 1 aliphatic rings. The Bertz CT molecular complexity index is 3080. The monoisotopic (exact) mass is 768 g/mol. The highest BCUT2D eigenvalue weighted by atomic mass is 28.3. The van der Waals surface area contributed by atoms with Crippen molar-refractivity contribution in [1.82, 2.24) is 9.97 Å². The smallest absolute Gasteiger partial charge is 0.160 e. The van der Waals surface area contributed by atoms with Gasteiger partial charge >= 0.3 is 0 Å². The van der Waals surface area contributed by atoms with Crippen molar-refractivity contribution >= 4 is 40.0 Å². The molecule has 0 aliphatic carbocycles. The molecule has 1 aromatic heterocycles. The summed E-state index contributed by atoms with van der Waals surface area (Å²) in [6.45, 7) is 4.99. The Labute approximate surface area is 346 Å². The lowest BCUT2D eigenvalue weighted by atomic mass is 9.86. The van der Waals surface area contributed by atoms with Crippen molar-refractivity contribution < 1.29 is 0 Å². The van der Waals surface area contributed by atoms with Crippen molar-refractivity contribution in [1.29, 1.82) is 0 Å². The van der Waals surface area contributed by atoms with Crippen LogP contribution in [0.5, 0.6) is 0 Å². The lowest BCUT2D eigenvalue weighted by Gasteiger charge is -2.21. The lowest BCUT2D eigenvalue weighted by Crippen LogP contribution is -2.49. The maximum Gasteiger partial charge on any atom is 0.160 e. The van der Waals surface area contributed by atoms with Crippen LogP contribution in [0.4, 0.5) is 0 Å². The molecule has 0 unspecified atom stereocenters. The molecule has 11 rings (SSSR count). The summed E-state index contributed by atoms with van der Waals surface area (Å²) in [5, 5.41) is 7.82. The van der Waals surface area contributed by atoms with Gasteiger partial charge in [0.1, 0.15) is 8.07 Å². The van der Waals surface area contributed by atoms with Crippen LogP contribution in [0.3, 0.4) is 0 Å². The van der Waals surface area contributed by atoms with Gasteiger partial charge in [0.25, 0.3) is 0 Å². The highest BCUT2D eigenvalue weighted by Crippen LogP contribution is 2.45. The van der Waals surface area contributed by atoms with E-state index in [1.807, 2.05) is 0 Å². The number of fused-ring (bicyclic) bond motifs is 5. The average molecular weight is 769 g/mol. The molecule has 0 saturated heterocycles. The van der Waals surface area contributed by atoms with Crippen LogP contribution in [-0.4, -0.2) is 18.0 Å². The fourth-order valence-corrected chi connectivity index (χ4v) is 12.5. The van der Waals surface area contributed by atoms with E-state index >= 15 is 0 Å². The average Bonchev–Trinajstić information content (AvgIpc) is 3.53. The Hall–Kier alpha value is -7.20. The number of rotatable bonds is 6. The molecule has 0 amide bonds. The van der Waals surface area contributed by atoms with Crippen LogP contribution in [0.2, 0.25) is 13.1 Å². The summed E-state index contributed by atoms with van der Waals surface area (Å²) in [4.78, 5) is 10.9. The number of benzene rings is 9. The molecule has 0 atom stereocenters. The van der Waals surface area contributed by atoms with Gasteiger partial charge < -0.3 is 0 Å². The molecular weight excluding hydrogens is 729 g/mol. The Balaban J connectivity index is 1.15.